The van der Waals surface area contributed by atoms with E-state index in [0.717, 1.165) is 0 Å². The molecule has 0 unspecified atom stereocenters. The van der Waals surface area contributed by atoms with Gasteiger partial charge in [-0.15, -0.1) is 0 Å². The summed E-state index contributed by atoms with van der Waals surface area (Å²) in [5.74, 6) is -4.36. The highest BCUT2D eigenvalue weighted by Crippen LogP contribution is 2.34. The van der Waals surface area contributed by atoms with Crippen molar-refractivity contribution in [1.82, 2.24) is 0 Å². The molecule has 6 heteroatoms. The van der Waals surface area contributed by atoms with E-state index in [2.05, 4.69) is 4.74 Å². The number of hydrogen-bond donors (Lipinski definition) is 1. The molecule has 1 aromatic carbocycles. The molecule has 114 valence electrons. The predicted molar refractivity (Wildman–Crippen MR) is 73.0 cm³/mol. The molecular formula is C15H17F2NO3. The van der Waals surface area contributed by atoms with Gasteiger partial charge < -0.3 is 15.2 Å². The Labute approximate surface area is 121 Å². The van der Waals surface area contributed by atoms with Gasteiger partial charge in [-0.05, 0) is 5.56 Å². The van der Waals surface area contributed by atoms with Crippen molar-refractivity contribution < 1.29 is 23.0 Å². The topological polar surface area (TPSA) is 61.6 Å². The van der Waals surface area contributed by atoms with E-state index in [1.807, 2.05) is 0 Å². The lowest BCUT2D eigenvalue weighted by atomic mass is 9.91. The van der Waals surface area contributed by atoms with E-state index in [0.29, 0.717) is 5.56 Å². The maximum Gasteiger partial charge on any atom is 0.404 e. The molecule has 2 rings (SSSR count). The predicted octanol–water partition coefficient (Wildman–Crippen LogP) is 2.53. The standard InChI is InChI=1S/C15H17F2NO3/c16-15(17,9-11-5-2-1-3-6-11)12(10-21-14(18)19)13-7-4-8-20-13/h1-7,12-13H,8-10H2,(H2,18,19)/t12-,13-/m0/s1. The van der Waals surface area contributed by atoms with Crippen LogP contribution >= 0.6 is 0 Å². The SMILES string of the molecule is NC(=O)OC[C@@H]([C@@H]1C=CCO1)C(F)(F)Cc1ccccc1. The van der Waals surface area contributed by atoms with Crippen LogP contribution in [-0.4, -0.2) is 31.3 Å². The molecule has 0 fully saturated rings. The quantitative estimate of drug-likeness (QED) is 0.821. The van der Waals surface area contributed by atoms with Crippen molar-refractivity contribution in [3.05, 3.63) is 48.0 Å². The first-order valence-corrected chi connectivity index (χ1v) is 6.61. The summed E-state index contributed by atoms with van der Waals surface area (Å²) in [6, 6.07) is 8.42. The van der Waals surface area contributed by atoms with Crippen LogP contribution in [-0.2, 0) is 15.9 Å². The number of primary amides is 1. The van der Waals surface area contributed by atoms with Crippen molar-refractivity contribution in [3.63, 3.8) is 0 Å². The van der Waals surface area contributed by atoms with Crippen LogP contribution in [0.2, 0.25) is 0 Å². The minimum Gasteiger partial charge on any atom is -0.449 e. The van der Waals surface area contributed by atoms with E-state index in [1.54, 1.807) is 42.5 Å². The fourth-order valence-corrected chi connectivity index (χ4v) is 2.29. The Kier molecular flexibility index (Phi) is 4.90. The summed E-state index contributed by atoms with van der Waals surface area (Å²) in [7, 11) is 0. The van der Waals surface area contributed by atoms with Crippen molar-refractivity contribution in [2.24, 2.45) is 11.7 Å². The normalized spacial score (nSPS) is 19.4. The molecule has 1 aliphatic heterocycles. The number of hydrogen-bond acceptors (Lipinski definition) is 3. The molecule has 1 aliphatic rings. The third-order valence-corrected chi connectivity index (χ3v) is 3.34. The fourth-order valence-electron chi connectivity index (χ4n) is 2.29. The van der Waals surface area contributed by atoms with Gasteiger partial charge >= 0.3 is 6.09 Å². The molecule has 1 amide bonds. The van der Waals surface area contributed by atoms with Gasteiger partial charge in [-0.25, -0.2) is 13.6 Å². The van der Waals surface area contributed by atoms with E-state index in [9.17, 15) is 13.6 Å². The lowest BCUT2D eigenvalue weighted by Gasteiger charge is -2.30. The van der Waals surface area contributed by atoms with Crippen LogP contribution in [0.15, 0.2) is 42.5 Å². The summed E-state index contributed by atoms with van der Waals surface area (Å²) in [6.45, 7) is -0.205. The van der Waals surface area contributed by atoms with Crippen LogP contribution in [0.4, 0.5) is 13.6 Å². The first-order chi connectivity index (χ1) is 9.99. The van der Waals surface area contributed by atoms with Crippen LogP contribution in [0.1, 0.15) is 5.56 Å². The van der Waals surface area contributed by atoms with Gasteiger partial charge in [0.1, 0.15) is 6.61 Å². The second-order valence-electron chi connectivity index (χ2n) is 4.89. The Morgan fingerprint density at radius 1 is 1.43 bits per heavy atom. The van der Waals surface area contributed by atoms with Gasteiger partial charge in [0, 0.05) is 6.42 Å². The zero-order valence-electron chi connectivity index (χ0n) is 11.4. The molecule has 2 atom stereocenters. The molecule has 0 spiro atoms. The lowest BCUT2D eigenvalue weighted by molar-refractivity contribution is -0.117. The monoisotopic (exact) mass is 297 g/mol. The largest absolute Gasteiger partial charge is 0.449 e. The molecule has 21 heavy (non-hydrogen) atoms. The zero-order valence-corrected chi connectivity index (χ0v) is 11.4. The minimum atomic E-state index is -3.09. The van der Waals surface area contributed by atoms with Gasteiger partial charge in [0.05, 0.1) is 18.6 Å². The van der Waals surface area contributed by atoms with E-state index in [-0.39, 0.29) is 6.61 Å². The number of rotatable bonds is 6. The molecule has 4 nitrogen and oxygen atoms in total. The second kappa shape index (κ2) is 6.67. The van der Waals surface area contributed by atoms with Gasteiger partial charge in [-0.2, -0.15) is 0 Å². The molecule has 1 heterocycles. The van der Waals surface area contributed by atoms with Crippen LogP contribution in [0.25, 0.3) is 0 Å². The van der Waals surface area contributed by atoms with Crippen molar-refractivity contribution in [2.75, 3.05) is 13.2 Å². The van der Waals surface area contributed by atoms with E-state index in [4.69, 9.17) is 10.5 Å². The smallest absolute Gasteiger partial charge is 0.404 e. The summed E-state index contributed by atoms with van der Waals surface area (Å²) in [5, 5.41) is 0. The Morgan fingerprint density at radius 2 is 2.14 bits per heavy atom. The molecule has 1 aromatic rings. The Morgan fingerprint density at radius 3 is 2.71 bits per heavy atom. The molecule has 0 bridgehead atoms. The van der Waals surface area contributed by atoms with Crippen molar-refractivity contribution in [3.8, 4) is 0 Å². The first kappa shape index (κ1) is 15.4. The highest BCUT2D eigenvalue weighted by atomic mass is 19.3. The van der Waals surface area contributed by atoms with E-state index >= 15 is 0 Å². The van der Waals surface area contributed by atoms with Crippen molar-refractivity contribution >= 4 is 6.09 Å². The number of amides is 1. The third kappa shape index (κ3) is 4.26. The number of carbonyl (C=O) groups is 1. The number of carbonyl (C=O) groups excluding carboxylic acids is 1. The van der Waals surface area contributed by atoms with E-state index in [1.165, 1.54) is 0 Å². The highest BCUT2D eigenvalue weighted by molar-refractivity contribution is 5.64. The third-order valence-electron chi connectivity index (χ3n) is 3.34. The summed E-state index contributed by atoms with van der Waals surface area (Å²) in [6.07, 6.45) is 0.920. The summed E-state index contributed by atoms with van der Waals surface area (Å²) < 4.78 is 38.9. The van der Waals surface area contributed by atoms with Crippen molar-refractivity contribution in [1.29, 1.82) is 0 Å². The average molecular weight is 297 g/mol. The van der Waals surface area contributed by atoms with Gasteiger partial charge in [0.15, 0.2) is 0 Å². The second-order valence-corrected chi connectivity index (χ2v) is 4.89. The number of ether oxygens (including phenoxy) is 2. The van der Waals surface area contributed by atoms with Crippen molar-refractivity contribution in [2.45, 2.75) is 18.4 Å². The molecular weight excluding hydrogens is 280 g/mol. The molecule has 2 N–H and O–H groups in total. The zero-order chi connectivity index (χ0) is 15.3. The van der Waals surface area contributed by atoms with Gasteiger partial charge in [0.25, 0.3) is 5.92 Å². The lowest BCUT2D eigenvalue weighted by Crippen LogP contribution is -2.42. The maximum absolute atomic E-state index is 14.5. The maximum atomic E-state index is 14.5. The molecule has 0 aromatic heterocycles. The molecule has 0 saturated heterocycles. The number of nitrogens with two attached hydrogens (primary N) is 1. The fraction of sp³-hybridized carbons (Fsp3) is 0.400. The molecule has 0 saturated carbocycles. The Bertz CT molecular complexity index is 505. The highest BCUT2D eigenvalue weighted by Gasteiger charge is 2.45. The Hall–Kier alpha value is -1.95. The van der Waals surface area contributed by atoms with Gasteiger partial charge in [-0.1, -0.05) is 42.5 Å². The summed E-state index contributed by atoms with van der Waals surface area (Å²) in [5.41, 5.74) is 5.38. The van der Waals surface area contributed by atoms with Gasteiger partial charge in [-0.3, -0.25) is 0 Å². The van der Waals surface area contributed by atoms with Crippen LogP contribution < -0.4 is 5.73 Å². The summed E-state index contributed by atoms with van der Waals surface area (Å²) >= 11 is 0. The minimum absolute atomic E-state index is 0.277. The first-order valence-electron chi connectivity index (χ1n) is 6.61. The average Bonchev–Trinajstić information content (AvgIpc) is 2.92. The number of benzene rings is 1. The van der Waals surface area contributed by atoms with E-state index < -0.39 is 37.1 Å². The number of halogens is 2. The van der Waals surface area contributed by atoms with Crippen LogP contribution in [0, 0.1) is 5.92 Å². The van der Waals surface area contributed by atoms with Crippen LogP contribution in [0.3, 0.4) is 0 Å². The molecule has 0 radical (unpaired) electrons. The Balaban J connectivity index is 2.12. The van der Waals surface area contributed by atoms with Gasteiger partial charge in [0.2, 0.25) is 0 Å². The number of alkyl halides is 2. The van der Waals surface area contributed by atoms with Crippen LogP contribution in [0.5, 0.6) is 0 Å². The summed E-state index contributed by atoms with van der Waals surface area (Å²) in [4.78, 5) is 10.7. The molecule has 0 aliphatic carbocycles.